The van der Waals surface area contributed by atoms with E-state index in [4.69, 9.17) is 18.0 Å². The molecule has 0 saturated carbocycles. The van der Waals surface area contributed by atoms with Crippen LogP contribution < -0.4 is 10.6 Å². The van der Waals surface area contributed by atoms with Gasteiger partial charge in [0.25, 0.3) is 0 Å². The molecule has 5 heteroatoms. The van der Waals surface area contributed by atoms with Gasteiger partial charge in [0, 0.05) is 15.4 Å². The Morgan fingerprint density at radius 1 is 1.24 bits per heavy atom. The second-order valence-corrected chi connectivity index (χ2v) is 6.54. The molecule has 0 saturated heterocycles. The first-order valence-electron chi connectivity index (χ1n) is 6.72. The van der Waals surface area contributed by atoms with Crippen molar-refractivity contribution in [3.8, 4) is 0 Å². The van der Waals surface area contributed by atoms with Crippen molar-refractivity contribution < 1.29 is 5.11 Å². The molecule has 0 bridgehead atoms. The molecular formula is C16H16N2OS2. The minimum absolute atomic E-state index is 0.0209. The Hall–Kier alpha value is -1.56. The smallest absolute Gasteiger partial charge is 0.104 e. The van der Waals surface area contributed by atoms with Crippen LogP contribution in [-0.4, -0.2) is 22.7 Å². The molecule has 0 aromatic heterocycles. The topological polar surface area (TPSA) is 49.5 Å². The van der Waals surface area contributed by atoms with Gasteiger partial charge in [0.1, 0.15) is 4.99 Å². The van der Waals surface area contributed by atoms with Crippen molar-refractivity contribution in [3.05, 3.63) is 48.0 Å². The van der Waals surface area contributed by atoms with Crippen LogP contribution in [0.3, 0.4) is 0 Å². The molecule has 0 aliphatic carbocycles. The lowest BCUT2D eigenvalue weighted by atomic mass is 10.1. The summed E-state index contributed by atoms with van der Waals surface area (Å²) in [6.07, 6.45) is 0. The molecule has 0 fully saturated rings. The van der Waals surface area contributed by atoms with Crippen LogP contribution >= 0.6 is 24.0 Å². The Morgan fingerprint density at radius 2 is 1.95 bits per heavy atom. The molecule has 0 unspecified atom stereocenters. The fourth-order valence-electron chi connectivity index (χ4n) is 2.49. The van der Waals surface area contributed by atoms with Crippen LogP contribution in [0.25, 0.3) is 0 Å². The minimum Gasteiger partial charge on any atom is -0.394 e. The van der Waals surface area contributed by atoms with Gasteiger partial charge in [-0.05, 0) is 31.2 Å². The summed E-state index contributed by atoms with van der Waals surface area (Å²) in [5.74, 6) is 0. The van der Waals surface area contributed by atoms with E-state index in [2.05, 4.69) is 17.0 Å². The molecule has 0 amide bonds. The van der Waals surface area contributed by atoms with Crippen LogP contribution in [-0.2, 0) is 0 Å². The zero-order chi connectivity index (χ0) is 15.0. The van der Waals surface area contributed by atoms with E-state index in [1.807, 2.05) is 37.3 Å². The average molecular weight is 316 g/mol. The quantitative estimate of drug-likeness (QED) is 0.851. The Bertz CT molecular complexity index is 702. The first kappa shape index (κ1) is 14.4. The average Bonchev–Trinajstić information content (AvgIpc) is 2.51. The van der Waals surface area contributed by atoms with Crippen LogP contribution in [0.2, 0.25) is 0 Å². The van der Waals surface area contributed by atoms with E-state index in [9.17, 15) is 5.11 Å². The molecule has 21 heavy (non-hydrogen) atoms. The van der Waals surface area contributed by atoms with Gasteiger partial charge in [0.15, 0.2) is 0 Å². The van der Waals surface area contributed by atoms with Gasteiger partial charge >= 0.3 is 0 Å². The zero-order valence-corrected chi connectivity index (χ0v) is 13.2. The summed E-state index contributed by atoms with van der Waals surface area (Å²) < 4.78 is 0. The molecule has 2 aromatic rings. The number of aliphatic hydroxyl groups is 1. The summed E-state index contributed by atoms with van der Waals surface area (Å²) in [6.45, 7) is 2.08. The minimum atomic E-state index is -0.0209. The number of nitrogens with zero attached hydrogens (tertiary/aromatic N) is 1. The second-order valence-electron chi connectivity index (χ2n) is 5.02. The van der Waals surface area contributed by atoms with Crippen LogP contribution in [0.4, 0.5) is 11.4 Å². The molecule has 108 valence electrons. The summed E-state index contributed by atoms with van der Waals surface area (Å²) in [5, 5.41) is 9.62. The standard InChI is InChI=1S/C16H16N2OS2/c1-10(9-19)18-12-4-2-3-5-14(12)21-15-7-6-11(16(17)20)8-13(15)18/h2-8,10,19H,9H2,1H3,(H2,17,20)/t10-/m1/s1. The highest BCUT2D eigenvalue weighted by atomic mass is 32.2. The number of para-hydroxylation sites is 1. The Labute approximate surface area is 133 Å². The molecule has 1 atom stereocenters. The zero-order valence-electron chi connectivity index (χ0n) is 11.6. The van der Waals surface area contributed by atoms with E-state index in [1.165, 1.54) is 4.90 Å². The van der Waals surface area contributed by atoms with E-state index < -0.39 is 0 Å². The highest BCUT2D eigenvalue weighted by Crippen LogP contribution is 2.49. The first-order chi connectivity index (χ1) is 10.1. The molecule has 1 aliphatic heterocycles. The maximum Gasteiger partial charge on any atom is 0.104 e. The highest BCUT2D eigenvalue weighted by molar-refractivity contribution is 7.99. The molecule has 3 N–H and O–H groups in total. The van der Waals surface area contributed by atoms with Crippen LogP contribution in [0, 0.1) is 0 Å². The lowest BCUT2D eigenvalue weighted by Gasteiger charge is -2.36. The fourth-order valence-corrected chi connectivity index (χ4v) is 3.67. The van der Waals surface area contributed by atoms with Crippen molar-refractivity contribution in [2.75, 3.05) is 11.5 Å². The molecule has 0 spiro atoms. The molecule has 3 nitrogen and oxygen atoms in total. The number of thiocarbonyl (C=S) groups is 1. The third kappa shape index (κ3) is 2.52. The van der Waals surface area contributed by atoms with Gasteiger partial charge in [0.2, 0.25) is 0 Å². The van der Waals surface area contributed by atoms with Crippen LogP contribution in [0.1, 0.15) is 12.5 Å². The third-order valence-corrected chi connectivity index (χ3v) is 4.92. The van der Waals surface area contributed by atoms with Crippen molar-refractivity contribution in [2.24, 2.45) is 5.73 Å². The van der Waals surface area contributed by atoms with Gasteiger partial charge in [-0.3, -0.25) is 0 Å². The van der Waals surface area contributed by atoms with Gasteiger partial charge in [0.05, 0.1) is 24.0 Å². The number of nitrogens with two attached hydrogens (primary N) is 1. The Kier molecular flexibility index (Phi) is 3.89. The summed E-state index contributed by atoms with van der Waals surface area (Å²) in [7, 11) is 0. The van der Waals surface area contributed by atoms with Gasteiger partial charge in [-0.25, -0.2) is 0 Å². The molecule has 0 radical (unpaired) electrons. The van der Waals surface area contributed by atoms with E-state index in [0.717, 1.165) is 21.8 Å². The maximum atomic E-state index is 9.62. The second kappa shape index (κ2) is 5.67. The molecule has 3 rings (SSSR count). The lowest BCUT2D eigenvalue weighted by molar-refractivity contribution is 0.272. The van der Waals surface area contributed by atoms with Gasteiger partial charge in [-0.15, -0.1) is 0 Å². The van der Waals surface area contributed by atoms with Gasteiger partial charge in [-0.2, -0.15) is 0 Å². The summed E-state index contributed by atoms with van der Waals surface area (Å²) in [4.78, 5) is 4.88. The van der Waals surface area contributed by atoms with Gasteiger partial charge < -0.3 is 15.7 Å². The predicted octanol–water partition coefficient (Wildman–Crippen LogP) is 3.30. The lowest BCUT2D eigenvalue weighted by Crippen LogP contribution is -2.33. The molecule has 1 aliphatic rings. The van der Waals surface area contributed by atoms with Crippen molar-refractivity contribution in [2.45, 2.75) is 22.8 Å². The van der Waals surface area contributed by atoms with E-state index in [0.29, 0.717) is 4.99 Å². The highest BCUT2D eigenvalue weighted by Gasteiger charge is 2.26. The first-order valence-corrected chi connectivity index (χ1v) is 7.95. The number of benzene rings is 2. The Morgan fingerprint density at radius 3 is 2.67 bits per heavy atom. The number of hydrogen-bond donors (Lipinski definition) is 2. The van der Waals surface area contributed by atoms with E-state index >= 15 is 0 Å². The fraction of sp³-hybridized carbons (Fsp3) is 0.188. The third-order valence-electron chi connectivity index (χ3n) is 3.55. The van der Waals surface area contributed by atoms with Crippen molar-refractivity contribution in [1.29, 1.82) is 0 Å². The normalized spacial score (nSPS) is 14.3. The summed E-state index contributed by atoms with van der Waals surface area (Å²) in [6, 6.07) is 14.2. The molecular weight excluding hydrogens is 300 g/mol. The predicted molar refractivity (Wildman–Crippen MR) is 91.6 cm³/mol. The number of aliphatic hydroxyl groups excluding tert-OH is 1. The number of hydrogen-bond acceptors (Lipinski definition) is 4. The summed E-state index contributed by atoms with van der Waals surface area (Å²) in [5.41, 5.74) is 8.75. The van der Waals surface area contributed by atoms with Crippen molar-refractivity contribution in [1.82, 2.24) is 0 Å². The van der Waals surface area contributed by atoms with E-state index in [-0.39, 0.29) is 12.6 Å². The number of rotatable bonds is 3. The maximum absolute atomic E-state index is 9.62. The van der Waals surface area contributed by atoms with Crippen molar-refractivity contribution in [3.63, 3.8) is 0 Å². The van der Waals surface area contributed by atoms with Crippen LogP contribution in [0.5, 0.6) is 0 Å². The van der Waals surface area contributed by atoms with Gasteiger partial charge in [-0.1, -0.05) is 42.2 Å². The molecule has 2 aromatic carbocycles. The van der Waals surface area contributed by atoms with E-state index in [1.54, 1.807) is 11.8 Å². The monoisotopic (exact) mass is 316 g/mol. The number of fused-ring (bicyclic) bond motifs is 2. The van der Waals surface area contributed by atoms with Crippen LogP contribution in [0.15, 0.2) is 52.3 Å². The molecule has 1 heterocycles. The largest absolute Gasteiger partial charge is 0.394 e. The Balaban J connectivity index is 2.18. The SMILES string of the molecule is C[C@H](CO)N1c2ccccc2Sc2ccc(C(N)=S)cc21. The number of anilines is 2. The van der Waals surface area contributed by atoms with Crippen molar-refractivity contribution >= 4 is 40.3 Å². The summed E-state index contributed by atoms with van der Waals surface area (Å²) >= 11 is 6.81.